The number of morpholine rings is 1. The molecule has 3 heterocycles. The molecule has 122 valence electrons. The quantitative estimate of drug-likeness (QED) is 0.817. The summed E-state index contributed by atoms with van der Waals surface area (Å²) in [4.78, 5) is 2.36. The van der Waals surface area contributed by atoms with E-state index in [1.54, 1.807) is 18.0 Å². The SMILES string of the molecule is CCN1Sc2sc(S(N)(=O)=O)cc2C=C1CN1CCOCC1. The van der Waals surface area contributed by atoms with E-state index in [0.29, 0.717) is 0 Å². The minimum atomic E-state index is -3.64. The molecular weight excluding hydrogens is 342 g/mol. The summed E-state index contributed by atoms with van der Waals surface area (Å²) >= 11 is 2.84. The van der Waals surface area contributed by atoms with E-state index in [2.05, 4.69) is 22.2 Å². The van der Waals surface area contributed by atoms with E-state index in [9.17, 15) is 8.42 Å². The number of primary sulfonamides is 1. The Labute approximate surface area is 139 Å². The summed E-state index contributed by atoms with van der Waals surface area (Å²) < 4.78 is 31.8. The Balaban J connectivity index is 1.86. The van der Waals surface area contributed by atoms with Gasteiger partial charge in [-0.2, -0.15) is 0 Å². The Morgan fingerprint density at radius 1 is 1.36 bits per heavy atom. The van der Waals surface area contributed by atoms with Gasteiger partial charge in [0.1, 0.15) is 4.21 Å². The predicted octanol–water partition coefficient (Wildman–Crippen LogP) is 1.41. The second-order valence-corrected chi connectivity index (χ2v) is 9.29. The van der Waals surface area contributed by atoms with Crippen LogP contribution in [0, 0.1) is 0 Å². The van der Waals surface area contributed by atoms with E-state index in [1.807, 2.05) is 0 Å². The van der Waals surface area contributed by atoms with Crippen LogP contribution in [0.5, 0.6) is 0 Å². The Hall–Kier alpha value is -0.580. The van der Waals surface area contributed by atoms with Crippen molar-refractivity contribution in [3.05, 3.63) is 17.3 Å². The van der Waals surface area contributed by atoms with E-state index in [-0.39, 0.29) is 4.21 Å². The van der Waals surface area contributed by atoms with Crippen molar-refractivity contribution in [3.8, 4) is 0 Å². The molecule has 0 atom stereocenters. The molecule has 0 radical (unpaired) electrons. The molecule has 2 aliphatic rings. The van der Waals surface area contributed by atoms with Crippen LogP contribution >= 0.6 is 23.3 Å². The first-order valence-corrected chi connectivity index (χ1v) is 10.2. The van der Waals surface area contributed by atoms with Crippen molar-refractivity contribution in [1.29, 1.82) is 0 Å². The Bertz CT molecular complexity index is 678. The van der Waals surface area contributed by atoms with Crippen molar-refractivity contribution in [2.75, 3.05) is 39.4 Å². The van der Waals surface area contributed by atoms with Crippen molar-refractivity contribution in [1.82, 2.24) is 9.21 Å². The lowest BCUT2D eigenvalue weighted by Crippen LogP contribution is -2.39. The molecule has 0 spiro atoms. The van der Waals surface area contributed by atoms with Crippen LogP contribution in [-0.2, 0) is 14.8 Å². The standard InChI is InChI=1S/C13H19N3O3S3/c1-2-16-11(9-15-3-5-19-6-4-15)7-10-8-12(22(14,17)18)20-13(10)21-16/h7-8H,2-6,9H2,1H3,(H2,14,17,18). The van der Waals surface area contributed by atoms with E-state index in [4.69, 9.17) is 9.88 Å². The number of nitrogens with two attached hydrogens (primary N) is 1. The van der Waals surface area contributed by atoms with Gasteiger partial charge in [-0.3, -0.25) is 4.90 Å². The van der Waals surface area contributed by atoms with Gasteiger partial charge in [-0.25, -0.2) is 13.6 Å². The summed E-state index contributed by atoms with van der Waals surface area (Å²) in [6.45, 7) is 7.21. The summed E-state index contributed by atoms with van der Waals surface area (Å²) in [5, 5.41) is 5.24. The maximum atomic E-state index is 11.5. The van der Waals surface area contributed by atoms with Gasteiger partial charge in [0.25, 0.3) is 0 Å². The summed E-state index contributed by atoms with van der Waals surface area (Å²) in [5.41, 5.74) is 2.15. The summed E-state index contributed by atoms with van der Waals surface area (Å²) in [6, 6.07) is 1.68. The van der Waals surface area contributed by atoms with E-state index >= 15 is 0 Å². The monoisotopic (exact) mass is 361 g/mol. The summed E-state index contributed by atoms with van der Waals surface area (Å²) in [7, 11) is -3.64. The second-order valence-electron chi connectivity index (χ2n) is 5.16. The fourth-order valence-corrected chi connectivity index (χ4v) is 5.71. The molecule has 0 unspecified atom stereocenters. The summed E-state index contributed by atoms with van der Waals surface area (Å²) in [6.07, 6.45) is 2.08. The molecule has 0 saturated carbocycles. The molecule has 0 amide bonds. The number of ether oxygens (including phenoxy) is 1. The van der Waals surface area contributed by atoms with Gasteiger partial charge in [-0.1, -0.05) is 0 Å². The number of hydrogen-bond donors (Lipinski definition) is 1. The van der Waals surface area contributed by atoms with Gasteiger partial charge in [-0.05, 0) is 31.0 Å². The highest BCUT2D eigenvalue weighted by molar-refractivity contribution is 7.99. The Kier molecular flexibility index (Phi) is 4.81. The van der Waals surface area contributed by atoms with Crippen LogP contribution in [0.1, 0.15) is 12.5 Å². The van der Waals surface area contributed by atoms with Gasteiger partial charge < -0.3 is 9.04 Å². The highest BCUT2D eigenvalue weighted by Crippen LogP contribution is 2.42. The molecular formula is C13H19N3O3S3. The van der Waals surface area contributed by atoms with Crippen LogP contribution < -0.4 is 5.14 Å². The fraction of sp³-hybridized carbons (Fsp3) is 0.538. The first-order valence-electron chi connectivity index (χ1n) is 7.10. The zero-order valence-corrected chi connectivity index (χ0v) is 14.8. The topological polar surface area (TPSA) is 75.9 Å². The van der Waals surface area contributed by atoms with Gasteiger partial charge in [0.2, 0.25) is 10.0 Å². The number of rotatable bonds is 4. The van der Waals surface area contributed by atoms with Gasteiger partial charge in [0, 0.05) is 37.4 Å². The number of thiophene rings is 1. The molecule has 0 aliphatic carbocycles. The first-order chi connectivity index (χ1) is 10.5. The fourth-order valence-electron chi connectivity index (χ4n) is 2.47. The molecule has 2 N–H and O–H groups in total. The second kappa shape index (κ2) is 6.50. The molecule has 1 fully saturated rings. The van der Waals surface area contributed by atoms with Crippen LogP contribution in [0.15, 0.2) is 20.2 Å². The first kappa shape index (κ1) is 16.3. The average Bonchev–Trinajstić information content (AvgIpc) is 2.90. The van der Waals surface area contributed by atoms with E-state index < -0.39 is 10.0 Å². The molecule has 3 rings (SSSR count). The number of sulfonamides is 1. The van der Waals surface area contributed by atoms with Gasteiger partial charge in [0.15, 0.2) is 0 Å². The van der Waals surface area contributed by atoms with Crippen molar-refractivity contribution in [3.63, 3.8) is 0 Å². The molecule has 6 nitrogen and oxygen atoms in total. The third-order valence-electron chi connectivity index (χ3n) is 3.59. The minimum absolute atomic E-state index is 0.227. The molecule has 1 saturated heterocycles. The van der Waals surface area contributed by atoms with Crippen LogP contribution in [0.4, 0.5) is 0 Å². The van der Waals surface area contributed by atoms with Gasteiger partial charge >= 0.3 is 0 Å². The average molecular weight is 362 g/mol. The summed E-state index contributed by atoms with van der Waals surface area (Å²) in [5.74, 6) is 0. The third-order valence-corrected chi connectivity index (χ3v) is 7.55. The predicted molar refractivity (Wildman–Crippen MR) is 89.2 cm³/mol. The number of likely N-dealkylation sites (N-methyl/N-ethyl adjacent to an activating group) is 1. The normalized spacial score (nSPS) is 19.9. The van der Waals surface area contributed by atoms with Crippen molar-refractivity contribution in [2.24, 2.45) is 5.14 Å². The molecule has 0 bridgehead atoms. The van der Waals surface area contributed by atoms with Crippen LogP contribution in [0.2, 0.25) is 0 Å². The lowest BCUT2D eigenvalue weighted by Gasteiger charge is -2.33. The highest BCUT2D eigenvalue weighted by Gasteiger charge is 2.25. The largest absolute Gasteiger partial charge is 0.379 e. The molecule has 2 aliphatic heterocycles. The van der Waals surface area contributed by atoms with Crippen molar-refractivity contribution in [2.45, 2.75) is 15.3 Å². The van der Waals surface area contributed by atoms with Crippen molar-refractivity contribution < 1.29 is 13.2 Å². The number of nitrogens with zero attached hydrogens (tertiary/aromatic N) is 2. The van der Waals surface area contributed by atoms with Crippen LogP contribution in [-0.4, -0.2) is 57.0 Å². The van der Waals surface area contributed by atoms with E-state index in [0.717, 1.165) is 49.2 Å². The Morgan fingerprint density at radius 3 is 2.73 bits per heavy atom. The zero-order valence-electron chi connectivity index (χ0n) is 12.3. The molecule has 0 aromatic carbocycles. The molecule has 22 heavy (non-hydrogen) atoms. The number of fused-ring (bicyclic) bond motifs is 1. The van der Waals surface area contributed by atoms with E-state index in [1.165, 1.54) is 17.0 Å². The van der Waals surface area contributed by atoms with Gasteiger partial charge in [0.05, 0.1) is 17.4 Å². The Morgan fingerprint density at radius 2 is 2.09 bits per heavy atom. The third kappa shape index (κ3) is 3.50. The molecule has 9 heteroatoms. The maximum Gasteiger partial charge on any atom is 0.247 e. The maximum absolute atomic E-state index is 11.5. The smallest absolute Gasteiger partial charge is 0.247 e. The van der Waals surface area contributed by atoms with Gasteiger partial charge in [-0.15, -0.1) is 11.3 Å². The lowest BCUT2D eigenvalue weighted by atomic mass is 10.2. The minimum Gasteiger partial charge on any atom is -0.379 e. The van der Waals surface area contributed by atoms with Crippen LogP contribution in [0.3, 0.4) is 0 Å². The molecule has 1 aromatic heterocycles. The number of hydrogen-bond acceptors (Lipinski definition) is 7. The van der Waals surface area contributed by atoms with Crippen LogP contribution in [0.25, 0.3) is 6.08 Å². The zero-order chi connectivity index (χ0) is 15.7. The lowest BCUT2D eigenvalue weighted by molar-refractivity contribution is 0.0408. The van der Waals surface area contributed by atoms with Crippen molar-refractivity contribution >= 4 is 39.4 Å². The highest BCUT2D eigenvalue weighted by atomic mass is 32.3. The molecule has 1 aromatic rings.